The van der Waals surface area contributed by atoms with E-state index in [1.54, 1.807) is 19.1 Å². The van der Waals surface area contributed by atoms with Crippen LogP contribution in [0.2, 0.25) is 0 Å². The second-order valence-corrected chi connectivity index (χ2v) is 6.25. The number of hydrogen-bond donors (Lipinski definition) is 1. The molecule has 3 unspecified atom stereocenters. The number of alkyl halides is 3. The molecule has 0 fully saturated rings. The van der Waals surface area contributed by atoms with E-state index in [0.717, 1.165) is 5.56 Å². The monoisotopic (exact) mass is 366 g/mol. The summed E-state index contributed by atoms with van der Waals surface area (Å²) in [4.78, 5) is 11.0. The number of ether oxygens (including phenoxy) is 2. The number of esters is 1. The van der Waals surface area contributed by atoms with Gasteiger partial charge >= 0.3 is 12.1 Å². The highest BCUT2D eigenvalue weighted by molar-refractivity contribution is 5.69. The number of benzene rings is 2. The summed E-state index contributed by atoms with van der Waals surface area (Å²) < 4.78 is 50.9. The van der Waals surface area contributed by atoms with Gasteiger partial charge in [0.25, 0.3) is 0 Å². The van der Waals surface area contributed by atoms with Crippen LogP contribution in [0.3, 0.4) is 0 Å². The molecule has 0 radical (unpaired) electrons. The zero-order chi connectivity index (χ0) is 19.1. The molecule has 1 N–H and O–H groups in total. The first-order valence-electron chi connectivity index (χ1n) is 7.97. The molecule has 0 spiro atoms. The Kier molecular flexibility index (Phi) is 4.66. The fourth-order valence-corrected chi connectivity index (χ4v) is 3.11. The highest BCUT2D eigenvalue weighted by Gasteiger charge is 2.53. The van der Waals surface area contributed by atoms with E-state index in [-0.39, 0.29) is 17.1 Å². The number of halogens is 3. The Labute approximate surface area is 148 Å². The van der Waals surface area contributed by atoms with E-state index < -0.39 is 30.3 Å². The molecule has 4 nitrogen and oxygen atoms in total. The highest BCUT2D eigenvalue weighted by atomic mass is 19.4. The van der Waals surface area contributed by atoms with Crippen molar-refractivity contribution in [1.29, 1.82) is 0 Å². The predicted octanol–water partition coefficient (Wildman–Crippen LogP) is 4.06. The zero-order valence-corrected chi connectivity index (χ0v) is 14.1. The van der Waals surface area contributed by atoms with Gasteiger partial charge in [0, 0.05) is 12.5 Å². The summed E-state index contributed by atoms with van der Waals surface area (Å²) in [5.41, 5.74) is 1.29. The molecule has 0 saturated heterocycles. The molecule has 1 aliphatic rings. The molecule has 1 heterocycles. The molecule has 0 aromatic heterocycles. The van der Waals surface area contributed by atoms with Crippen molar-refractivity contribution in [3.8, 4) is 11.5 Å². The van der Waals surface area contributed by atoms with Crippen LogP contribution in [-0.4, -0.2) is 23.4 Å². The number of carbonyl (C=O) groups excluding carboxylic acids is 1. The van der Waals surface area contributed by atoms with Crippen molar-refractivity contribution in [3.05, 3.63) is 59.2 Å². The van der Waals surface area contributed by atoms with E-state index in [4.69, 9.17) is 9.47 Å². The SMILES string of the molecule is CC(=O)Oc1ccc(C2C(O)c3ccc(C)cc3OC2C(F)(F)F)cc1. The topological polar surface area (TPSA) is 55.8 Å². The van der Waals surface area contributed by atoms with Gasteiger partial charge in [-0.15, -0.1) is 0 Å². The van der Waals surface area contributed by atoms with Gasteiger partial charge in [-0.3, -0.25) is 4.79 Å². The number of fused-ring (bicyclic) bond motifs is 1. The lowest BCUT2D eigenvalue weighted by atomic mass is 9.82. The van der Waals surface area contributed by atoms with Crippen molar-refractivity contribution in [2.45, 2.75) is 38.1 Å². The van der Waals surface area contributed by atoms with E-state index in [2.05, 4.69) is 0 Å². The smallest absolute Gasteiger partial charge is 0.426 e. The minimum absolute atomic E-state index is 0.0348. The molecule has 3 atom stereocenters. The lowest BCUT2D eigenvalue weighted by molar-refractivity contribution is -0.214. The molecule has 0 amide bonds. The van der Waals surface area contributed by atoms with Crippen LogP contribution in [0, 0.1) is 6.92 Å². The molecule has 7 heteroatoms. The maximum Gasteiger partial charge on any atom is 0.426 e. The number of hydrogen-bond acceptors (Lipinski definition) is 4. The van der Waals surface area contributed by atoms with Crippen molar-refractivity contribution >= 4 is 5.97 Å². The van der Waals surface area contributed by atoms with Crippen LogP contribution in [0.5, 0.6) is 11.5 Å². The summed E-state index contributed by atoms with van der Waals surface area (Å²) in [5, 5.41) is 10.6. The van der Waals surface area contributed by atoms with Crippen LogP contribution in [0.15, 0.2) is 42.5 Å². The van der Waals surface area contributed by atoms with Gasteiger partial charge in [0.15, 0.2) is 0 Å². The average molecular weight is 366 g/mol. The zero-order valence-electron chi connectivity index (χ0n) is 14.1. The second kappa shape index (κ2) is 6.64. The standard InChI is InChI=1S/C19H17F3O4/c1-10-3-8-14-15(9-10)26-18(19(20,21)22)16(17(14)24)12-4-6-13(7-5-12)25-11(2)23/h3-9,16-18,24H,1-2H3. The number of carbonyl (C=O) groups is 1. The van der Waals surface area contributed by atoms with E-state index in [0.29, 0.717) is 5.56 Å². The first-order chi connectivity index (χ1) is 12.2. The Hall–Kier alpha value is -2.54. The molecule has 3 rings (SSSR count). The Bertz CT molecular complexity index is 815. The van der Waals surface area contributed by atoms with Gasteiger partial charge in [0.2, 0.25) is 6.10 Å². The molecule has 0 saturated carbocycles. The summed E-state index contributed by atoms with van der Waals surface area (Å²) in [6, 6.07) is 10.3. The fraction of sp³-hybridized carbons (Fsp3) is 0.316. The molecular weight excluding hydrogens is 349 g/mol. The Morgan fingerprint density at radius 2 is 1.81 bits per heavy atom. The summed E-state index contributed by atoms with van der Waals surface area (Å²) in [6.45, 7) is 2.96. The minimum atomic E-state index is -4.67. The quantitative estimate of drug-likeness (QED) is 0.643. The molecule has 2 aromatic carbocycles. The van der Waals surface area contributed by atoms with Crippen molar-refractivity contribution < 1.29 is 32.5 Å². The van der Waals surface area contributed by atoms with Gasteiger partial charge in [-0.2, -0.15) is 13.2 Å². The summed E-state index contributed by atoms with van der Waals surface area (Å²) in [7, 11) is 0. The van der Waals surface area contributed by atoms with Crippen LogP contribution in [-0.2, 0) is 4.79 Å². The Morgan fingerprint density at radius 1 is 1.15 bits per heavy atom. The second-order valence-electron chi connectivity index (χ2n) is 6.25. The normalized spacial score (nSPS) is 22.3. The lowest BCUT2D eigenvalue weighted by Gasteiger charge is -2.38. The summed E-state index contributed by atoms with van der Waals surface area (Å²) in [5.74, 6) is -1.62. The summed E-state index contributed by atoms with van der Waals surface area (Å²) >= 11 is 0. The van der Waals surface area contributed by atoms with Crippen molar-refractivity contribution in [2.24, 2.45) is 0 Å². The number of aryl methyl sites for hydroxylation is 1. The minimum Gasteiger partial charge on any atom is -0.480 e. The molecule has 0 bridgehead atoms. The third kappa shape index (κ3) is 3.53. The Balaban J connectivity index is 2.02. The van der Waals surface area contributed by atoms with E-state index >= 15 is 0 Å². The van der Waals surface area contributed by atoms with Gasteiger partial charge in [-0.25, -0.2) is 0 Å². The third-order valence-electron chi connectivity index (χ3n) is 4.26. The van der Waals surface area contributed by atoms with Gasteiger partial charge in [-0.05, 0) is 36.2 Å². The van der Waals surface area contributed by atoms with Crippen LogP contribution in [0.4, 0.5) is 13.2 Å². The first-order valence-corrected chi connectivity index (χ1v) is 7.97. The van der Waals surface area contributed by atoms with Crippen LogP contribution < -0.4 is 9.47 Å². The molecular formula is C19H17F3O4. The van der Waals surface area contributed by atoms with Gasteiger partial charge in [0.05, 0.1) is 12.0 Å². The Morgan fingerprint density at radius 3 is 2.38 bits per heavy atom. The third-order valence-corrected chi connectivity index (χ3v) is 4.26. The van der Waals surface area contributed by atoms with Gasteiger partial charge < -0.3 is 14.6 Å². The average Bonchev–Trinajstić information content (AvgIpc) is 2.54. The molecule has 1 aliphatic heterocycles. The van der Waals surface area contributed by atoms with Gasteiger partial charge in [-0.1, -0.05) is 24.3 Å². The maximum absolute atomic E-state index is 13.6. The number of aliphatic hydroxyl groups excluding tert-OH is 1. The van der Waals surface area contributed by atoms with E-state index in [1.807, 2.05) is 0 Å². The maximum atomic E-state index is 13.6. The lowest BCUT2D eigenvalue weighted by Crippen LogP contribution is -2.45. The predicted molar refractivity (Wildman–Crippen MR) is 87.1 cm³/mol. The fourth-order valence-electron chi connectivity index (χ4n) is 3.11. The van der Waals surface area contributed by atoms with Crippen molar-refractivity contribution in [2.75, 3.05) is 0 Å². The number of rotatable bonds is 2. The van der Waals surface area contributed by atoms with Crippen LogP contribution in [0.1, 0.15) is 35.6 Å². The van der Waals surface area contributed by atoms with Crippen molar-refractivity contribution in [3.63, 3.8) is 0 Å². The van der Waals surface area contributed by atoms with Gasteiger partial charge in [0.1, 0.15) is 11.5 Å². The highest BCUT2D eigenvalue weighted by Crippen LogP contribution is 2.48. The first kappa shape index (κ1) is 18.3. The number of aliphatic hydroxyl groups is 1. The molecule has 0 aliphatic carbocycles. The van der Waals surface area contributed by atoms with Crippen LogP contribution in [0.25, 0.3) is 0 Å². The van der Waals surface area contributed by atoms with E-state index in [9.17, 15) is 23.1 Å². The van der Waals surface area contributed by atoms with Crippen molar-refractivity contribution in [1.82, 2.24) is 0 Å². The molecule has 26 heavy (non-hydrogen) atoms. The summed E-state index contributed by atoms with van der Waals surface area (Å²) in [6.07, 6.45) is -8.24. The molecule has 2 aromatic rings. The molecule has 138 valence electrons. The van der Waals surface area contributed by atoms with Crippen LogP contribution >= 0.6 is 0 Å². The van der Waals surface area contributed by atoms with E-state index in [1.165, 1.54) is 37.3 Å². The largest absolute Gasteiger partial charge is 0.480 e.